The Morgan fingerprint density at radius 3 is 2.45 bits per heavy atom. The van der Waals surface area contributed by atoms with Crippen LogP contribution in [0.15, 0.2) is 53.5 Å². The van der Waals surface area contributed by atoms with Gasteiger partial charge in [0.25, 0.3) is 0 Å². The Morgan fingerprint density at radius 1 is 1.23 bits per heavy atom. The molecule has 0 bridgehead atoms. The molecule has 4 amide bonds. The second kappa shape index (κ2) is 9.18. The molecule has 9 heteroatoms. The Morgan fingerprint density at radius 2 is 1.90 bits per heavy atom. The second-order valence-electron chi connectivity index (χ2n) is 6.95. The van der Waals surface area contributed by atoms with E-state index in [4.69, 9.17) is 16.3 Å². The van der Waals surface area contributed by atoms with E-state index in [1.807, 2.05) is 0 Å². The zero-order valence-electron chi connectivity index (χ0n) is 17.3. The van der Waals surface area contributed by atoms with Gasteiger partial charge in [0.05, 0.1) is 13.2 Å². The van der Waals surface area contributed by atoms with E-state index in [0.717, 1.165) is 4.90 Å². The number of benzene rings is 2. The maximum absolute atomic E-state index is 13.5. The molecule has 0 saturated heterocycles. The van der Waals surface area contributed by atoms with E-state index < -0.39 is 30.0 Å². The van der Waals surface area contributed by atoms with Gasteiger partial charge in [-0.15, -0.1) is 0 Å². The summed E-state index contributed by atoms with van der Waals surface area (Å²) in [6, 6.07) is 10.6. The largest absolute Gasteiger partial charge is 0.497 e. The number of hydrogen-bond acceptors (Lipinski definition) is 4. The number of methoxy groups -OCH3 is 1. The number of carboxylic acids is 1. The number of amides is 4. The molecule has 1 N–H and O–H groups in total. The van der Waals surface area contributed by atoms with E-state index in [-0.39, 0.29) is 12.3 Å². The first-order chi connectivity index (χ1) is 14.8. The highest BCUT2D eigenvalue weighted by Crippen LogP contribution is 2.36. The summed E-state index contributed by atoms with van der Waals surface area (Å²) in [5.41, 5.74) is 1.09. The molecule has 0 aromatic heterocycles. The normalized spacial score (nSPS) is 18.4. The molecular formula is C22H22ClN3O5. The third kappa shape index (κ3) is 4.39. The van der Waals surface area contributed by atoms with Crippen LogP contribution < -0.4 is 9.64 Å². The average molecular weight is 444 g/mol. The van der Waals surface area contributed by atoms with Gasteiger partial charge in [-0.1, -0.05) is 23.7 Å². The predicted molar refractivity (Wildman–Crippen MR) is 117 cm³/mol. The van der Waals surface area contributed by atoms with Crippen LogP contribution in [0.5, 0.6) is 5.75 Å². The van der Waals surface area contributed by atoms with E-state index in [1.54, 1.807) is 55.5 Å². The summed E-state index contributed by atoms with van der Waals surface area (Å²) < 4.78 is 5.15. The van der Waals surface area contributed by atoms with Crippen molar-refractivity contribution in [2.45, 2.75) is 19.9 Å². The topological polar surface area (TPSA) is 99.5 Å². The summed E-state index contributed by atoms with van der Waals surface area (Å²) in [7, 11) is 1.53. The van der Waals surface area contributed by atoms with Crippen LogP contribution >= 0.6 is 11.6 Å². The summed E-state index contributed by atoms with van der Waals surface area (Å²) in [5.74, 6) is -1.78. The molecule has 8 nitrogen and oxygen atoms in total. The second-order valence-corrected chi connectivity index (χ2v) is 7.38. The average Bonchev–Trinajstić information content (AvgIpc) is 2.73. The first-order valence-electron chi connectivity index (χ1n) is 9.60. The van der Waals surface area contributed by atoms with Crippen molar-refractivity contribution >= 4 is 41.0 Å². The van der Waals surface area contributed by atoms with Crippen LogP contribution in [0.25, 0.3) is 0 Å². The SMILES string of the molecule is CCN(C(=O)N1C(=O)N=C(C)C(C(=O)O)C1c1cccc(Cl)c1)c1ccc(OC)cc1. The molecular weight excluding hydrogens is 422 g/mol. The zero-order chi connectivity index (χ0) is 22.7. The number of aliphatic carboxylic acids is 1. The zero-order valence-corrected chi connectivity index (χ0v) is 18.0. The predicted octanol–water partition coefficient (Wildman–Crippen LogP) is 4.63. The molecule has 2 unspecified atom stereocenters. The van der Waals surface area contributed by atoms with E-state index >= 15 is 0 Å². The van der Waals surface area contributed by atoms with Gasteiger partial charge in [-0.2, -0.15) is 0 Å². The van der Waals surface area contributed by atoms with Crippen LogP contribution in [0.2, 0.25) is 5.02 Å². The molecule has 2 aromatic carbocycles. The minimum Gasteiger partial charge on any atom is -0.497 e. The van der Waals surface area contributed by atoms with Crippen LogP contribution in [0.3, 0.4) is 0 Å². The lowest BCUT2D eigenvalue weighted by Crippen LogP contribution is -2.53. The number of ether oxygens (including phenoxy) is 1. The van der Waals surface area contributed by atoms with Gasteiger partial charge in [0, 0.05) is 23.0 Å². The smallest absolute Gasteiger partial charge is 0.352 e. The Bertz CT molecular complexity index is 1040. The summed E-state index contributed by atoms with van der Waals surface area (Å²) in [4.78, 5) is 44.6. The van der Waals surface area contributed by atoms with Crippen LogP contribution in [0, 0.1) is 5.92 Å². The maximum atomic E-state index is 13.5. The molecule has 0 aliphatic carbocycles. The maximum Gasteiger partial charge on any atom is 0.352 e. The number of carbonyl (C=O) groups excluding carboxylic acids is 2. The van der Waals surface area contributed by atoms with Crippen molar-refractivity contribution in [1.29, 1.82) is 0 Å². The minimum atomic E-state index is -1.20. The third-order valence-corrected chi connectivity index (χ3v) is 5.35. The molecule has 1 heterocycles. The Hall–Kier alpha value is -3.39. The molecule has 3 rings (SSSR count). The van der Waals surface area contributed by atoms with E-state index in [9.17, 15) is 19.5 Å². The minimum absolute atomic E-state index is 0.124. The number of nitrogens with zero attached hydrogens (tertiary/aromatic N) is 3. The van der Waals surface area contributed by atoms with Crippen molar-refractivity contribution in [3.8, 4) is 5.75 Å². The first kappa shape index (κ1) is 22.3. The fourth-order valence-corrected chi connectivity index (χ4v) is 3.84. The lowest BCUT2D eigenvalue weighted by atomic mass is 9.87. The Balaban J connectivity index is 2.10. The number of imide groups is 1. The fourth-order valence-electron chi connectivity index (χ4n) is 3.64. The van der Waals surface area contributed by atoms with Crippen molar-refractivity contribution in [2.75, 3.05) is 18.6 Å². The quantitative estimate of drug-likeness (QED) is 0.726. The lowest BCUT2D eigenvalue weighted by Gasteiger charge is -2.38. The molecule has 2 atom stereocenters. The monoisotopic (exact) mass is 443 g/mol. The molecule has 0 radical (unpaired) electrons. The highest BCUT2D eigenvalue weighted by molar-refractivity contribution is 6.30. The Kier molecular flexibility index (Phi) is 6.60. The molecule has 0 fully saturated rings. The van der Waals surface area contributed by atoms with Gasteiger partial charge in [-0.25, -0.2) is 19.5 Å². The summed E-state index contributed by atoms with van der Waals surface area (Å²) in [5, 5.41) is 10.2. The number of urea groups is 2. The highest BCUT2D eigenvalue weighted by atomic mass is 35.5. The standard InChI is InChI=1S/C22H22ClN3O5/c1-4-25(16-8-10-17(31-3)11-9-16)22(30)26-19(14-6-5-7-15(23)12-14)18(20(27)28)13(2)24-21(26)29/h5-12,18-19H,4H2,1-3H3,(H,27,28). The van der Waals surface area contributed by atoms with Crippen molar-refractivity contribution < 1.29 is 24.2 Å². The number of anilines is 1. The van der Waals surface area contributed by atoms with E-state index in [1.165, 1.54) is 18.9 Å². The molecule has 31 heavy (non-hydrogen) atoms. The van der Waals surface area contributed by atoms with Crippen LogP contribution in [0.1, 0.15) is 25.5 Å². The fraction of sp³-hybridized carbons (Fsp3) is 0.273. The Labute approximate surface area is 184 Å². The number of hydrogen-bond donors (Lipinski definition) is 1. The van der Waals surface area contributed by atoms with Gasteiger partial charge < -0.3 is 9.84 Å². The molecule has 0 saturated carbocycles. The van der Waals surface area contributed by atoms with E-state index in [2.05, 4.69) is 4.99 Å². The summed E-state index contributed by atoms with van der Waals surface area (Å²) >= 11 is 6.12. The van der Waals surface area contributed by atoms with Gasteiger partial charge >= 0.3 is 18.0 Å². The van der Waals surface area contributed by atoms with Crippen molar-refractivity contribution in [3.63, 3.8) is 0 Å². The molecule has 1 aliphatic heterocycles. The number of rotatable bonds is 5. The van der Waals surface area contributed by atoms with Crippen LogP contribution in [-0.4, -0.2) is 47.4 Å². The number of carboxylic acid groups (broad SMARTS) is 1. The van der Waals surface area contributed by atoms with Crippen molar-refractivity contribution in [2.24, 2.45) is 10.9 Å². The van der Waals surface area contributed by atoms with E-state index in [0.29, 0.717) is 22.0 Å². The van der Waals surface area contributed by atoms with Crippen LogP contribution in [0.4, 0.5) is 15.3 Å². The van der Waals surface area contributed by atoms with Gasteiger partial charge in [0.15, 0.2) is 0 Å². The number of aliphatic imine (C=N–C) groups is 1. The van der Waals surface area contributed by atoms with Gasteiger partial charge in [0.1, 0.15) is 11.7 Å². The summed E-state index contributed by atoms with van der Waals surface area (Å²) in [6.07, 6.45) is 0. The molecule has 1 aliphatic rings. The van der Waals surface area contributed by atoms with Gasteiger partial charge in [-0.3, -0.25) is 9.69 Å². The van der Waals surface area contributed by atoms with Crippen LogP contribution in [-0.2, 0) is 4.79 Å². The molecule has 2 aromatic rings. The first-order valence-corrected chi connectivity index (χ1v) is 9.98. The molecule has 162 valence electrons. The van der Waals surface area contributed by atoms with Gasteiger partial charge in [0.2, 0.25) is 0 Å². The van der Waals surface area contributed by atoms with Crippen molar-refractivity contribution in [1.82, 2.24) is 4.90 Å². The highest BCUT2D eigenvalue weighted by Gasteiger charge is 2.46. The number of halogens is 1. The molecule has 0 spiro atoms. The van der Waals surface area contributed by atoms with Gasteiger partial charge in [-0.05, 0) is 55.8 Å². The number of carbonyl (C=O) groups is 3. The van der Waals surface area contributed by atoms with Crippen molar-refractivity contribution in [3.05, 3.63) is 59.1 Å². The lowest BCUT2D eigenvalue weighted by molar-refractivity contribution is -0.140. The summed E-state index contributed by atoms with van der Waals surface area (Å²) in [6.45, 7) is 3.48. The third-order valence-electron chi connectivity index (χ3n) is 5.12.